The van der Waals surface area contributed by atoms with E-state index in [9.17, 15) is 0 Å². The number of piperidine rings is 1. The quantitative estimate of drug-likeness (QED) is 0.859. The number of aromatic nitrogens is 2. The fraction of sp³-hybridized carbons (Fsp3) is 0.636. The third-order valence-electron chi connectivity index (χ3n) is 2.84. The van der Waals surface area contributed by atoms with Crippen molar-refractivity contribution in [3.8, 4) is 5.88 Å². The van der Waals surface area contributed by atoms with Gasteiger partial charge >= 0.3 is 0 Å². The molecule has 0 bridgehead atoms. The molecule has 0 unspecified atom stereocenters. The summed E-state index contributed by atoms with van der Waals surface area (Å²) in [6.45, 7) is 2.96. The van der Waals surface area contributed by atoms with Crippen molar-refractivity contribution in [3.05, 3.63) is 17.5 Å². The number of ether oxygens (including phenoxy) is 1. The predicted molar refractivity (Wildman–Crippen MR) is 70.0 cm³/mol. The first kappa shape index (κ1) is 14.5. The van der Waals surface area contributed by atoms with Crippen LogP contribution in [0.4, 0.5) is 0 Å². The predicted octanol–water partition coefficient (Wildman–Crippen LogP) is 2.32. The fourth-order valence-corrected chi connectivity index (χ4v) is 2.03. The van der Waals surface area contributed by atoms with Crippen LogP contribution >= 0.6 is 24.0 Å². The van der Waals surface area contributed by atoms with Gasteiger partial charge in [0.1, 0.15) is 11.5 Å². The molecule has 0 spiro atoms. The van der Waals surface area contributed by atoms with Gasteiger partial charge in [-0.3, -0.25) is 0 Å². The monoisotopic (exact) mass is 277 g/mol. The highest BCUT2D eigenvalue weighted by Gasteiger charge is 2.12. The third kappa shape index (κ3) is 5.06. The molecule has 0 saturated carbocycles. The fourth-order valence-electron chi connectivity index (χ4n) is 1.90. The van der Waals surface area contributed by atoms with Crippen LogP contribution in [0.1, 0.15) is 19.3 Å². The molecule has 2 rings (SSSR count). The van der Waals surface area contributed by atoms with E-state index >= 15 is 0 Å². The van der Waals surface area contributed by atoms with E-state index in [1.54, 1.807) is 6.07 Å². The first-order valence-corrected chi connectivity index (χ1v) is 6.03. The van der Waals surface area contributed by atoms with E-state index in [2.05, 4.69) is 15.3 Å². The summed E-state index contributed by atoms with van der Waals surface area (Å²) in [5.74, 6) is 1.34. The minimum absolute atomic E-state index is 0. The lowest BCUT2D eigenvalue weighted by atomic mass is 9.95. The van der Waals surface area contributed by atoms with Crippen molar-refractivity contribution in [2.75, 3.05) is 19.7 Å². The second-order valence-corrected chi connectivity index (χ2v) is 4.40. The second-order valence-electron chi connectivity index (χ2n) is 4.01. The van der Waals surface area contributed by atoms with Gasteiger partial charge in [0.05, 0.1) is 6.61 Å². The van der Waals surface area contributed by atoms with Crippen LogP contribution in [0.15, 0.2) is 12.4 Å². The van der Waals surface area contributed by atoms with Crippen molar-refractivity contribution in [1.82, 2.24) is 15.3 Å². The lowest BCUT2D eigenvalue weighted by Gasteiger charge is -2.22. The average molecular weight is 278 g/mol. The van der Waals surface area contributed by atoms with E-state index in [-0.39, 0.29) is 12.4 Å². The molecule has 0 aliphatic carbocycles. The molecule has 4 nitrogen and oxygen atoms in total. The zero-order valence-electron chi connectivity index (χ0n) is 9.56. The zero-order chi connectivity index (χ0) is 11.2. The van der Waals surface area contributed by atoms with Crippen molar-refractivity contribution in [3.63, 3.8) is 0 Å². The Morgan fingerprint density at radius 3 is 2.82 bits per heavy atom. The highest BCUT2D eigenvalue weighted by Crippen LogP contribution is 2.17. The van der Waals surface area contributed by atoms with Crippen molar-refractivity contribution < 1.29 is 4.74 Å². The van der Waals surface area contributed by atoms with Crippen molar-refractivity contribution in [2.45, 2.75) is 19.3 Å². The standard InChI is InChI=1S/C11H16ClN3O.ClH/c12-10-7-11(15-8-14-10)16-6-3-9-1-4-13-5-2-9;/h7-9,13H,1-6H2;1H. The highest BCUT2D eigenvalue weighted by atomic mass is 35.5. The SMILES string of the molecule is Cl.Clc1cc(OCCC2CCNCC2)ncn1. The maximum atomic E-state index is 5.73. The second kappa shape index (κ2) is 7.69. The first-order valence-electron chi connectivity index (χ1n) is 5.65. The van der Waals surface area contributed by atoms with Crippen LogP contribution in [0.3, 0.4) is 0 Å². The number of halogens is 2. The van der Waals surface area contributed by atoms with E-state index < -0.39 is 0 Å². The van der Waals surface area contributed by atoms with E-state index in [1.807, 2.05) is 0 Å². The molecule has 17 heavy (non-hydrogen) atoms. The summed E-state index contributed by atoms with van der Waals surface area (Å²) in [4.78, 5) is 7.80. The molecule has 1 aromatic rings. The molecule has 1 fully saturated rings. The minimum Gasteiger partial charge on any atom is -0.478 e. The lowest BCUT2D eigenvalue weighted by molar-refractivity contribution is 0.245. The van der Waals surface area contributed by atoms with Crippen LogP contribution in [0.5, 0.6) is 5.88 Å². The summed E-state index contributed by atoms with van der Waals surface area (Å²) in [5, 5.41) is 3.77. The largest absolute Gasteiger partial charge is 0.478 e. The van der Waals surface area contributed by atoms with Gasteiger partial charge < -0.3 is 10.1 Å². The molecular formula is C11H17Cl2N3O. The maximum Gasteiger partial charge on any atom is 0.217 e. The number of nitrogens with zero attached hydrogens (tertiary/aromatic N) is 2. The molecule has 96 valence electrons. The van der Waals surface area contributed by atoms with Gasteiger partial charge in [-0.05, 0) is 38.3 Å². The third-order valence-corrected chi connectivity index (χ3v) is 3.05. The van der Waals surface area contributed by atoms with E-state index in [4.69, 9.17) is 16.3 Å². The van der Waals surface area contributed by atoms with Gasteiger partial charge in [-0.25, -0.2) is 9.97 Å². The summed E-state index contributed by atoms with van der Waals surface area (Å²) < 4.78 is 5.53. The van der Waals surface area contributed by atoms with Gasteiger partial charge in [0, 0.05) is 6.07 Å². The van der Waals surface area contributed by atoms with Crippen molar-refractivity contribution >= 4 is 24.0 Å². The first-order chi connectivity index (χ1) is 7.84. The molecular weight excluding hydrogens is 261 g/mol. The van der Waals surface area contributed by atoms with Gasteiger partial charge in [0.2, 0.25) is 5.88 Å². The molecule has 1 aromatic heterocycles. The molecule has 1 aliphatic heterocycles. The molecule has 1 aliphatic rings. The lowest BCUT2D eigenvalue weighted by Crippen LogP contribution is -2.28. The van der Waals surface area contributed by atoms with Gasteiger partial charge in [-0.2, -0.15) is 0 Å². The summed E-state index contributed by atoms with van der Waals surface area (Å²) in [7, 11) is 0. The zero-order valence-corrected chi connectivity index (χ0v) is 11.1. The van der Waals surface area contributed by atoms with Crippen LogP contribution in [0.25, 0.3) is 0 Å². The van der Waals surface area contributed by atoms with Crippen molar-refractivity contribution in [1.29, 1.82) is 0 Å². The van der Waals surface area contributed by atoms with Crippen LogP contribution in [0.2, 0.25) is 5.15 Å². The Morgan fingerprint density at radius 2 is 2.12 bits per heavy atom. The molecule has 2 heterocycles. The average Bonchev–Trinajstić information content (AvgIpc) is 2.30. The van der Waals surface area contributed by atoms with Gasteiger partial charge in [-0.15, -0.1) is 12.4 Å². The number of hydrogen-bond acceptors (Lipinski definition) is 4. The molecule has 0 aromatic carbocycles. The molecule has 0 amide bonds. The Labute approximate surface area is 113 Å². The highest BCUT2D eigenvalue weighted by molar-refractivity contribution is 6.29. The number of nitrogens with one attached hydrogen (secondary N) is 1. The van der Waals surface area contributed by atoms with Gasteiger partial charge in [-0.1, -0.05) is 11.6 Å². The summed E-state index contributed by atoms with van der Waals surface area (Å²) in [6.07, 6.45) is 4.99. The molecule has 0 radical (unpaired) electrons. The van der Waals surface area contributed by atoms with Gasteiger partial charge in [0.25, 0.3) is 0 Å². The van der Waals surface area contributed by atoms with Crippen LogP contribution in [-0.4, -0.2) is 29.7 Å². The Hall–Kier alpha value is -0.580. The summed E-state index contributed by atoms with van der Waals surface area (Å²) in [5.41, 5.74) is 0. The summed E-state index contributed by atoms with van der Waals surface area (Å²) >= 11 is 5.73. The Kier molecular flexibility index (Phi) is 6.55. The topological polar surface area (TPSA) is 47.0 Å². The molecule has 1 saturated heterocycles. The smallest absolute Gasteiger partial charge is 0.217 e. The Bertz CT molecular complexity index is 332. The Morgan fingerprint density at radius 1 is 1.35 bits per heavy atom. The minimum atomic E-state index is 0. The van der Waals surface area contributed by atoms with Crippen LogP contribution < -0.4 is 10.1 Å². The Balaban J connectivity index is 0.00000144. The van der Waals surface area contributed by atoms with E-state index in [1.165, 1.54) is 19.2 Å². The van der Waals surface area contributed by atoms with Crippen LogP contribution in [0, 0.1) is 5.92 Å². The van der Waals surface area contributed by atoms with Crippen LogP contribution in [-0.2, 0) is 0 Å². The van der Waals surface area contributed by atoms with E-state index in [0.29, 0.717) is 17.6 Å². The van der Waals surface area contributed by atoms with E-state index in [0.717, 1.165) is 25.4 Å². The molecule has 6 heteroatoms. The molecule has 0 atom stereocenters. The maximum absolute atomic E-state index is 5.73. The summed E-state index contributed by atoms with van der Waals surface area (Å²) in [6, 6.07) is 1.64. The molecule has 1 N–H and O–H groups in total. The number of hydrogen-bond donors (Lipinski definition) is 1. The normalized spacial score (nSPS) is 16.3. The van der Waals surface area contributed by atoms with Gasteiger partial charge in [0.15, 0.2) is 0 Å². The number of rotatable bonds is 4. The van der Waals surface area contributed by atoms with Crippen molar-refractivity contribution in [2.24, 2.45) is 5.92 Å².